The molecule has 0 bridgehead atoms. The number of thiazole rings is 1. The maximum absolute atomic E-state index is 10.8. The van der Waals surface area contributed by atoms with Crippen LogP contribution >= 0.6 is 11.3 Å². The fraction of sp³-hybridized carbons (Fsp3) is 0.200. The molecule has 23 heavy (non-hydrogen) atoms. The molecule has 1 aliphatic rings. The molecule has 1 aliphatic heterocycles. The maximum atomic E-state index is 10.8. The van der Waals surface area contributed by atoms with Crippen molar-refractivity contribution in [3.8, 4) is 16.4 Å². The number of fused-ring (bicyclic) bond motifs is 1. The molecule has 0 spiro atoms. The van der Waals surface area contributed by atoms with Gasteiger partial charge in [0.2, 0.25) is 5.13 Å². The van der Waals surface area contributed by atoms with Crippen LogP contribution in [0.2, 0.25) is 0 Å². The number of hydrogen-bond acceptors (Lipinski definition) is 6. The summed E-state index contributed by atoms with van der Waals surface area (Å²) in [6.45, 7) is 1.65. The van der Waals surface area contributed by atoms with Crippen molar-refractivity contribution in [1.82, 2.24) is 20.1 Å². The van der Waals surface area contributed by atoms with Gasteiger partial charge in [-0.1, -0.05) is 0 Å². The molecule has 2 aromatic heterocycles. The Labute approximate surface area is 135 Å². The van der Waals surface area contributed by atoms with E-state index in [1.54, 1.807) is 29.7 Å². The van der Waals surface area contributed by atoms with Crippen molar-refractivity contribution in [2.24, 2.45) is 0 Å². The van der Waals surface area contributed by atoms with Gasteiger partial charge in [-0.15, -0.1) is 11.3 Å². The second-order valence-corrected chi connectivity index (χ2v) is 6.10. The van der Waals surface area contributed by atoms with Crippen LogP contribution in [0.25, 0.3) is 16.4 Å². The smallest absolute Gasteiger partial charge is 0.269 e. The van der Waals surface area contributed by atoms with E-state index in [0.717, 1.165) is 47.2 Å². The Kier molecular flexibility index (Phi) is 3.40. The average Bonchev–Trinajstić information content (AvgIpc) is 3.22. The minimum Gasteiger partial charge on any atom is -0.312 e. The molecule has 0 amide bonds. The zero-order chi connectivity index (χ0) is 15.8. The van der Waals surface area contributed by atoms with Gasteiger partial charge in [0.1, 0.15) is 0 Å². The first-order valence-electron chi connectivity index (χ1n) is 7.20. The molecule has 1 aromatic carbocycles. The third-order valence-electron chi connectivity index (χ3n) is 3.88. The predicted molar refractivity (Wildman–Crippen MR) is 86.7 cm³/mol. The number of nitrogens with one attached hydrogen (secondary N) is 1. The molecule has 4 rings (SSSR count). The number of nitro benzene ring substituents is 1. The highest BCUT2D eigenvalue weighted by Crippen LogP contribution is 2.30. The third kappa shape index (κ3) is 2.41. The zero-order valence-electron chi connectivity index (χ0n) is 12.1. The number of aromatic nitrogens is 3. The summed E-state index contributed by atoms with van der Waals surface area (Å²) in [6.07, 6.45) is 2.65. The number of rotatable bonds is 3. The van der Waals surface area contributed by atoms with Crippen molar-refractivity contribution in [1.29, 1.82) is 0 Å². The van der Waals surface area contributed by atoms with Gasteiger partial charge in [0.15, 0.2) is 0 Å². The van der Waals surface area contributed by atoms with E-state index in [4.69, 9.17) is 5.10 Å². The molecule has 8 heteroatoms. The van der Waals surface area contributed by atoms with Crippen LogP contribution in [0.5, 0.6) is 0 Å². The second-order valence-electron chi connectivity index (χ2n) is 5.23. The average molecular weight is 327 g/mol. The van der Waals surface area contributed by atoms with Gasteiger partial charge in [0.05, 0.1) is 16.3 Å². The molecule has 3 heterocycles. The van der Waals surface area contributed by atoms with Gasteiger partial charge in [-0.25, -0.2) is 9.67 Å². The van der Waals surface area contributed by atoms with Gasteiger partial charge in [-0.2, -0.15) is 5.10 Å². The molecule has 0 unspecified atom stereocenters. The Balaban J connectivity index is 1.84. The van der Waals surface area contributed by atoms with Gasteiger partial charge in [-0.3, -0.25) is 10.1 Å². The van der Waals surface area contributed by atoms with Crippen molar-refractivity contribution < 1.29 is 4.92 Å². The molecule has 0 fully saturated rings. The Bertz CT molecular complexity index is 855. The van der Waals surface area contributed by atoms with Gasteiger partial charge in [0, 0.05) is 54.3 Å². The van der Waals surface area contributed by atoms with E-state index in [0.29, 0.717) is 0 Å². The van der Waals surface area contributed by atoms with E-state index in [2.05, 4.69) is 10.3 Å². The lowest BCUT2D eigenvalue weighted by Gasteiger charge is -2.14. The number of nitro groups is 1. The highest BCUT2D eigenvalue weighted by molar-refractivity contribution is 7.12. The Hall–Kier alpha value is -2.58. The normalized spacial score (nSPS) is 13.7. The van der Waals surface area contributed by atoms with Gasteiger partial charge in [0.25, 0.3) is 5.69 Å². The third-order valence-corrected chi connectivity index (χ3v) is 4.63. The molecule has 0 saturated carbocycles. The molecule has 3 aromatic rings. The van der Waals surface area contributed by atoms with Crippen LogP contribution in [0.15, 0.2) is 35.8 Å². The first kappa shape index (κ1) is 14.0. The van der Waals surface area contributed by atoms with Crippen molar-refractivity contribution in [3.63, 3.8) is 0 Å². The monoisotopic (exact) mass is 327 g/mol. The molecule has 0 saturated heterocycles. The maximum Gasteiger partial charge on any atom is 0.269 e. The van der Waals surface area contributed by atoms with E-state index in [1.165, 1.54) is 12.1 Å². The standard InChI is InChI=1S/C15H13N5O2S/c21-20(22)11-3-1-10(2-4-11)14-12-9-16-6-5-13(12)19(18-14)15-17-7-8-23-15/h1-4,7-8,16H,5-6,9H2. The van der Waals surface area contributed by atoms with Gasteiger partial charge < -0.3 is 5.32 Å². The summed E-state index contributed by atoms with van der Waals surface area (Å²) in [5.41, 5.74) is 4.12. The van der Waals surface area contributed by atoms with Crippen LogP contribution in [0.3, 0.4) is 0 Å². The van der Waals surface area contributed by atoms with Crippen LogP contribution in [0.1, 0.15) is 11.3 Å². The van der Waals surface area contributed by atoms with E-state index in [9.17, 15) is 10.1 Å². The highest BCUT2D eigenvalue weighted by atomic mass is 32.1. The largest absolute Gasteiger partial charge is 0.312 e. The summed E-state index contributed by atoms with van der Waals surface area (Å²) in [5.74, 6) is 0. The lowest BCUT2D eigenvalue weighted by atomic mass is 10.0. The fourth-order valence-electron chi connectivity index (χ4n) is 2.80. The minimum absolute atomic E-state index is 0.0834. The molecule has 0 aliphatic carbocycles. The van der Waals surface area contributed by atoms with Crippen LogP contribution < -0.4 is 5.32 Å². The van der Waals surface area contributed by atoms with Crippen molar-refractivity contribution >= 4 is 17.0 Å². The minimum atomic E-state index is -0.394. The summed E-state index contributed by atoms with van der Waals surface area (Å²) in [6, 6.07) is 6.53. The Morgan fingerprint density at radius 1 is 1.30 bits per heavy atom. The molecular formula is C15H13N5O2S. The first-order valence-corrected chi connectivity index (χ1v) is 8.08. The molecule has 1 N–H and O–H groups in total. The molecule has 0 atom stereocenters. The number of benzene rings is 1. The van der Waals surface area contributed by atoms with Crippen molar-refractivity contribution in [2.75, 3.05) is 6.54 Å². The van der Waals surface area contributed by atoms with Crippen LogP contribution in [0, 0.1) is 10.1 Å². The lowest BCUT2D eigenvalue weighted by Crippen LogP contribution is -2.24. The molecule has 116 valence electrons. The number of hydrogen-bond donors (Lipinski definition) is 1. The zero-order valence-corrected chi connectivity index (χ0v) is 12.9. The lowest BCUT2D eigenvalue weighted by molar-refractivity contribution is -0.384. The number of nitrogens with zero attached hydrogens (tertiary/aromatic N) is 4. The van der Waals surface area contributed by atoms with Crippen LogP contribution in [0.4, 0.5) is 5.69 Å². The Morgan fingerprint density at radius 3 is 2.83 bits per heavy atom. The summed E-state index contributed by atoms with van der Waals surface area (Å²) < 4.78 is 1.90. The fourth-order valence-corrected chi connectivity index (χ4v) is 3.42. The van der Waals surface area contributed by atoms with Crippen LogP contribution in [-0.4, -0.2) is 26.2 Å². The van der Waals surface area contributed by atoms with Gasteiger partial charge in [-0.05, 0) is 12.1 Å². The summed E-state index contributed by atoms with van der Waals surface area (Å²) >= 11 is 1.54. The van der Waals surface area contributed by atoms with E-state index < -0.39 is 4.92 Å². The molecule has 0 radical (unpaired) electrons. The molecule has 7 nitrogen and oxygen atoms in total. The Morgan fingerprint density at radius 2 is 2.13 bits per heavy atom. The summed E-state index contributed by atoms with van der Waals surface area (Å²) in [4.78, 5) is 14.8. The predicted octanol–water partition coefficient (Wildman–Crippen LogP) is 2.55. The second kappa shape index (κ2) is 5.56. The highest BCUT2D eigenvalue weighted by Gasteiger charge is 2.23. The van der Waals surface area contributed by atoms with E-state index in [1.807, 2.05) is 10.1 Å². The quantitative estimate of drug-likeness (QED) is 0.590. The van der Waals surface area contributed by atoms with Gasteiger partial charge >= 0.3 is 0 Å². The van der Waals surface area contributed by atoms with Crippen molar-refractivity contribution in [2.45, 2.75) is 13.0 Å². The summed E-state index contributed by atoms with van der Waals surface area (Å²) in [7, 11) is 0. The number of non-ortho nitro benzene ring substituents is 1. The summed E-state index contributed by atoms with van der Waals surface area (Å²) in [5, 5.41) is 21.7. The molecular weight excluding hydrogens is 314 g/mol. The van der Waals surface area contributed by atoms with Crippen molar-refractivity contribution in [3.05, 3.63) is 57.2 Å². The first-order chi connectivity index (χ1) is 11.2. The van der Waals surface area contributed by atoms with E-state index in [-0.39, 0.29) is 5.69 Å². The SMILES string of the molecule is O=[N+]([O-])c1ccc(-c2nn(-c3nccs3)c3c2CNCC3)cc1. The van der Waals surface area contributed by atoms with Crippen LogP contribution in [-0.2, 0) is 13.0 Å². The topological polar surface area (TPSA) is 85.9 Å². The van der Waals surface area contributed by atoms with E-state index >= 15 is 0 Å².